The maximum atomic E-state index is 13.0. The topological polar surface area (TPSA) is 67.8 Å². The predicted molar refractivity (Wildman–Crippen MR) is 112 cm³/mol. The molecule has 0 aliphatic rings. The van der Waals surface area contributed by atoms with E-state index in [2.05, 4.69) is 31.4 Å². The van der Waals surface area contributed by atoms with Gasteiger partial charge in [0.15, 0.2) is 0 Å². The number of hydrogen-bond acceptors (Lipinski definition) is 5. The number of hydrogen-bond donors (Lipinski definition) is 1. The molecule has 0 spiro atoms. The van der Waals surface area contributed by atoms with Gasteiger partial charge in [0.2, 0.25) is 5.13 Å². The van der Waals surface area contributed by atoms with Gasteiger partial charge in [0.05, 0.1) is 16.8 Å². The summed E-state index contributed by atoms with van der Waals surface area (Å²) >= 11 is 4.83. The molecule has 0 bridgehead atoms. The van der Waals surface area contributed by atoms with Gasteiger partial charge in [0.1, 0.15) is 5.01 Å². The Kier molecular flexibility index (Phi) is 4.96. The molecule has 1 N–H and O–H groups in total. The van der Waals surface area contributed by atoms with Crippen LogP contribution < -0.4 is 5.32 Å². The molecule has 134 valence electrons. The molecule has 0 aliphatic heterocycles. The summed E-state index contributed by atoms with van der Waals surface area (Å²) in [6.07, 6.45) is 0.791. The Bertz CT molecular complexity index is 1120. The fourth-order valence-corrected chi connectivity index (χ4v) is 3.68. The smallest absolute Gasteiger partial charge is 0.258 e. The standard InChI is InChI=1S/C20H15BrN4OS/c1-2-18-24-25-20(27-18)23-19(26)15-11-17(12-7-9-13(21)10-8-12)22-16-6-4-3-5-14(15)16/h3-11H,2H2,1H3,(H,23,25,26). The summed E-state index contributed by atoms with van der Waals surface area (Å²) in [4.78, 5) is 17.7. The Morgan fingerprint density at radius 1 is 1.11 bits per heavy atom. The van der Waals surface area contributed by atoms with Gasteiger partial charge in [-0.3, -0.25) is 10.1 Å². The summed E-state index contributed by atoms with van der Waals surface area (Å²) in [5, 5.41) is 13.2. The maximum absolute atomic E-state index is 13.0. The van der Waals surface area contributed by atoms with Crippen molar-refractivity contribution in [2.45, 2.75) is 13.3 Å². The van der Waals surface area contributed by atoms with Gasteiger partial charge in [-0.05, 0) is 30.7 Å². The SMILES string of the molecule is CCc1nnc(NC(=O)c2cc(-c3ccc(Br)cc3)nc3ccccc23)s1. The number of benzene rings is 2. The second kappa shape index (κ2) is 7.54. The Labute approximate surface area is 168 Å². The molecule has 5 nitrogen and oxygen atoms in total. The summed E-state index contributed by atoms with van der Waals surface area (Å²) in [6.45, 7) is 2.01. The van der Waals surface area contributed by atoms with Crippen molar-refractivity contribution in [2.75, 3.05) is 5.32 Å². The maximum Gasteiger partial charge on any atom is 0.258 e. The van der Waals surface area contributed by atoms with E-state index in [0.717, 1.165) is 38.1 Å². The van der Waals surface area contributed by atoms with Crippen LogP contribution in [0.15, 0.2) is 59.1 Å². The highest BCUT2D eigenvalue weighted by atomic mass is 79.9. The van der Waals surface area contributed by atoms with E-state index in [-0.39, 0.29) is 5.91 Å². The minimum absolute atomic E-state index is 0.217. The number of nitrogens with one attached hydrogen (secondary N) is 1. The Balaban J connectivity index is 1.78. The summed E-state index contributed by atoms with van der Waals surface area (Å²) in [5.74, 6) is -0.217. The molecule has 2 aromatic heterocycles. The Morgan fingerprint density at radius 2 is 1.89 bits per heavy atom. The predicted octanol–water partition coefficient (Wildman–Crippen LogP) is 5.33. The fraction of sp³-hybridized carbons (Fsp3) is 0.100. The van der Waals surface area contributed by atoms with E-state index in [1.54, 1.807) is 0 Å². The second-order valence-electron chi connectivity index (χ2n) is 5.89. The monoisotopic (exact) mass is 438 g/mol. The average Bonchev–Trinajstić information content (AvgIpc) is 3.15. The zero-order valence-electron chi connectivity index (χ0n) is 14.4. The number of pyridine rings is 1. The van der Waals surface area contributed by atoms with Gasteiger partial charge < -0.3 is 0 Å². The molecule has 0 atom stereocenters. The van der Waals surface area contributed by atoms with Crippen molar-refractivity contribution in [3.05, 3.63) is 69.6 Å². The minimum Gasteiger partial charge on any atom is -0.296 e. The van der Waals surface area contributed by atoms with Crippen LogP contribution in [0.2, 0.25) is 0 Å². The van der Waals surface area contributed by atoms with Crippen LogP contribution in [0.4, 0.5) is 5.13 Å². The molecule has 0 unspecified atom stereocenters. The highest BCUT2D eigenvalue weighted by Gasteiger charge is 2.16. The number of halogens is 1. The normalized spacial score (nSPS) is 10.9. The number of anilines is 1. The van der Waals surface area contributed by atoms with Crippen molar-refractivity contribution < 1.29 is 4.79 Å². The van der Waals surface area contributed by atoms with E-state index in [0.29, 0.717) is 10.7 Å². The quantitative estimate of drug-likeness (QED) is 0.467. The lowest BCUT2D eigenvalue weighted by atomic mass is 10.0. The van der Waals surface area contributed by atoms with Crippen molar-refractivity contribution >= 4 is 49.2 Å². The molecule has 0 saturated carbocycles. The number of rotatable bonds is 4. The summed E-state index contributed by atoms with van der Waals surface area (Å²) in [7, 11) is 0. The molecule has 2 heterocycles. The van der Waals surface area contributed by atoms with E-state index in [9.17, 15) is 4.79 Å². The molecule has 0 radical (unpaired) electrons. The Morgan fingerprint density at radius 3 is 2.63 bits per heavy atom. The summed E-state index contributed by atoms with van der Waals surface area (Å²) < 4.78 is 0.994. The first kappa shape index (κ1) is 17.8. The lowest BCUT2D eigenvalue weighted by molar-refractivity contribution is 0.102. The number of amides is 1. The van der Waals surface area contributed by atoms with Crippen molar-refractivity contribution in [3.8, 4) is 11.3 Å². The third kappa shape index (κ3) is 3.74. The van der Waals surface area contributed by atoms with Crippen LogP contribution in [0.25, 0.3) is 22.2 Å². The van der Waals surface area contributed by atoms with Crippen molar-refractivity contribution in [2.24, 2.45) is 0 Å². The van der Waals surface area contributed by atoms with Gasteiger partial charge in [-0.15, -0.1) is 10.2 Å². The van der Waals surface area contributed by atoms with Crippen molar-refractivity contribution in [3.63, 3.8) is 0 Å². The number of carbonyl (C=O) groups excluding carboxylic acids is 1. The molecule has 0 saturated heterocycles. The number of fused-ring (bicyclic) bond motifs is 1. The first-order chi connectivity index (χ1) is 13.1. The van der Waals surface area contributed by atoms with Crippen molar-refractivity contribution in [1.82, 2.24) is 15.2 Å². The number of aryl methyl sites for hydroxylation is 1. The molecule has 1 amide bonds. The summed E-state index contributed by atoms with van der Waals surface area (Å²) in [5.41, 5.74) is 3.03. The van der Waals surface area contributed by atoms with E-state index >= 15 is 0 Å². The number of aromatic nitrogens is 3. The fourth-order valence-electron chi connectivity index (χ4n) is 2.74. The van der Waals surface area contributed by atoms with Crippen LogP contribution in [0, 0.1) is 0 Å². The molecule has 27 heavy (non-hydrogen) atoms. The lowest BCUT2D eigenvalue weighted by Gasteiger charge is -2.09. The number of para-hydroxylation sites is 1. The van der Waals surface area contributed by atoms with Gasteiger partial charge in [0.25, 0.3) is 5.91 Å². The van der Waals surface area contributed by atoms with Crippen molar-refractivity contribution in [1.29, 1.82) is 0 Å². The third-order valence-corrected chi connectivity index (χ3v) is 5.60. The first-order valence-electron chi connectivity index (χ1n) is 8.43. The molecule has 0 aliphatic carbocycles. The molecule has 4 rings (SSSR count). The third-order valence-electron chi connectivity index (χ3n) is 4.09. The van der Waals surface area contributed by atoms with E-state index in [4.69, 9.17) is 4.98 Å². The van der Waals surface area contributed by atoms with Gasteiger partial charge in [-0.2, -0.15) is 0 Å². The number of nitrogens with zero attached hydrogens (tertiary/aromatic N) is 3. The molecule has 7 heteroatoms. The van der Waals surface area contributed by atoms with Crippen LogP contribution in [0.1, 0.15) is 22.3 Å². The van der Waals surface area contributed by atoms with Crippen LogP contribution in [0.5, 0.6) is 0 Å². The minimum atomic E-state index is -0.217. The van der Waals surface area contributed by atoms with Crippen LogP contribution >= 0.6 is 27.3 Å². The van der Waals surface area contributed by atoms with Crippen LogP contribution in [0.3, 0.4) is 0 Å². The lowest BCUT2D eigenvalue weighted by Crippen LogP contribution is -2.13. The van der Waals surface area contributed by atoms with E-state index in [1.807, 2.05) is 61.5 Å². The van der Waals surface area contributed by atoms with E-state index < -0.39 is 0 Å². The number of carbonyl (C=O) groups is 1. The van der Waals surface area contributed by atoms with Gasteiger partial charge in [-0.1, -0.05) is 64.5 Å². The molecular weight excluding hydrogens is 424 g/mol. The van der Waals surface area contributed by atoms with E-state index in [1.165, 1.54) is 11.3 Å². The highest BCUT2D eigenvalue weighted by Crippen LogP contribution is 2.27. The molecule has 4 aromatic rings. The highest BCUT2D eigenvalue weighted by molar-refractivity contribution is 9.10. The van der Waals surface area contributed by atoms with Crippen LogP contribution in [-0.2, 0) is 6.42 Å². The first-order valence-corrected chi connectivity index (χ1v) is 10.0. The zero-order valence-corrected chi connectivity index (χ0v) is 16.8. The van der Waals surface area contributed by atoms with Gasteiger partial charge in [0, 0.05) is 15.4 Å². The molecular formula is C20H15BrN4OS. The molecule has 0 fully saturated rings. The van der Waals surface area contributed by atoms with Gasteiger partial charge in [-0.25, -0.2) is 4.98 Å². The van der Waals surface area contributed by atoms with Gasteiger partial charge >= 0.3 is 0 Å². The molecule has 2 aromatic carbocycles. The average molecular weight is 439 g/mol. The second-order valence-corrected chi connectivity index (χ2v) is 7.87. The van der Waals surface area contributed by atoms with Crippen LogP contribution in [-0.4, -0.2) is 21.1 Å². The Hall–Kier alpha value is -2.64. The summed E-state index contributed by atoms with van der Waals surface area (Å²) in [6, 6.07) is 17.3. The zero-order chi connectivity index (χ0) is 18.8. The largest absolute Gasteiger partial charge is 0.296 e.